The Morgan fingerprint density at radius 2 is 1.77 bits per heavy atom. The lowest BCUT2D eigenvalue weighted by Gasteiger charge is -2.09. The van der Waals surface area contributed by atoms with Crippen molar-refractivity contribution < 1.29 is 13.2 Å². The average molecular weight is 375 g/mol. The largest absolute Gasteiger partial charge is 0.493 e. The molecule has 0 bridgehead atoms. The van der Waals surface area contributed by atoms with Crippen LogP contribution < -0.4 is 9.57 Å². The summed E-state index contributed by atoms with van der Waals surface area (Å²) >= 11 is 0. The summed E-state index contributed by atoms with van der Waals surface area (Å²) in [6.07, 6.45) is 5.99. The van der Waals surface area contributed by atoms with Crippen LogP contribution in [0.3, 0.4) is 0 Å². The SMILES string of the molecule is CCCCCCOc1ccccc1/C=N\NS(=O)(=O)c1ccc(C)cc1. The van der Waals surface area contributed by atoms with E-state index in [9.17, 15) is 8.42 Å². The van der Waals surface area contributed by atoms with E-state index in [0.29, 0.717) is 12.4 Å². The van der Waals surface area contributed by atoms with E-state index < -0.39 is 10.0 Å². The summed E-state index contributed by atoms with van der Waals surface area (Å²) in [5, 5.41) is 3.89. The summed E-state index contributed by atoms with van der Waals surface area (Å²) in [5.74, 6) is 0.697. The standard InChI is InChI=1S/C20H26N2O3S/c1-3-4-5-8-15-25-20-10-7-6-9-18(20)16-21-22-26(23,24)19-13-11-17(2)12-14-19/h6-7,9-14,16,22H,3-5,8,15H2,1-2H3/b21-16-. The molecule has 0 saturated carbocycles. The van der Waals surface area contributed by atoms with Crippen molar-refractivity contribution >= 4 is 16.2 Å². The molecule has 2 rings (SSSR count). The van der Waals surface area contributed by atoms with Crippen molar-refractivity contribution in [2.75, 3.05) is 6.61 Å². The fourth-order valence-electron chi connectivity index (χ4n) is 2.37. The lowest BCUT2D eigenvalue weighted by molar-refractivity contribution is 0.304. The molecule has 6 heteroatoms. The minimum absolute atomic E-state index is 0.181. The van der Waals surface area contributed by atoms with Gasteiger partial charge in [-0.15, -0.1) is 0 Å². The van der Waals surface area contributed by atoms with Crippen molar-refractivity contribution in [1.29, 1.82) is 0 Å². The quantitative estimate of drug-likeness (QED) is 0.384. The third-order valence-corrected chi connectivity index (χ3v) is 5.12. The zero-order chi connectivity index (χ0) is 18.8. The van der Waals surface area contributed by atoms with Crippen LogP contribution in [0.2, 0.25) is 0 Å². The third-order valence-electron chi connectivity index (χ3n) is 3.88. The molecular formula is C20H26N2O3S. The predicted molar refractivity (Wildman–Crippen MR) is 105 cm³/mol. The number of rotatable bonds is 10. The van der Waals surface area contributed by atoms with Gasteiger partial charge in [-0.05, 0) is 37.6 Å². The Hall–Kier alpha value is -2.34. The average Bonchev–Trinajstić information content (AvgIpc) is 2.63. The maximum Gasteiger partial charge on any atom is 0.276 e. The second kappa shape index (κ2) is 9.97. The normalized spacial score (nSPS) is 11.6. The maximum absolute atomic E-state index is 12.2. The minimum atomic E-state index is -3.68. The van der Waals surface area contributed by atoms with E-state index in [4.69, 9.17) is 4.74 Å². The first kappa shape index (κ1) is 20.0. The summed E-state index contributed by atoms with van der Waals surface area (Å²) in [6, 6.07) is 14.1. The summed E-state index contributed by atoms with van der Waals surface area (Å²) < 4.78 is 30.3. The van der Waals surface area contributed by atoms with Crippen LogP contribution in [0.1, 0.15) is 43.7 Å². The highest BCUT2D eigenvalue weighted by Gasteiger charge is 2.11. The monoisotopic (exact) mass is 374 g/mol. The Kier molecular flexibility index (Phi) is 7.66. The van der Waals surface area contributed by atoms with Crippen molar-refractivity contribution in [3.8, 4) is 5.75 Å². The molecule has 0 spiro atoms. The predicted octanol–water partition coefficient (Wildman–Crippen LogP) is 4.27. The van der Waals surface area contributed by atoms with Crippen LogP contribution in [-0.4, -0.2) is 21.2 Å². The van der Waals surface area contributed by atoms with Gasteiger partial charge in [-0.3, -0.25) is 0 Å². The second-order valence-corrected chi connectivity index (χ2v) is 7.77. The summed E-state index contributed by atoms with van der Waals surface area (Å²) in [6.45, 7) is 4.71. The number of ether oxygens (including phenoxy) is 1. The van der Waals surface area contributed by atoms with Gasteiger partial charge in [0, 0.05) is 5.56 Å². The van der Waals surface area contributed by atoms with E-state index in [1.54, 1.807) is 24.3 Å². The van der Waals surface area contributed by atoms with Gasteiger partial charge in [0.2, 0.25) is 0 Å². The highest BCUT2D eigenvalue weighted by atomic mass is 32.2. The molecule has 0 heterocycles. The van der Waals surface area contributed by atoms with Gasteiger partial charge >= 0.3 is 0 Å². The fraction of sp³-hybridized carbons (Fsp3) is 0.350. The van der Waals surface area contributed by atoms with Crippen LogP contribution in [0, 0.1) is 6.92 Å². The van der Waals surface area contributed by atoms with Gasteiger partial charge in [-0.2, -0.15) is 13.5 Å². The lowest BCUT2D eigenvalue weighted by atomic mass is 10.2. The Morgan fingerprint density at radius 1 is 1.04 bits per heavy atom. The van der Waals surface area contributed by atoms with Crippen LogP contribution in [-0.2, 0) is 10.0 Å². The first-order chi connectivity index (χ1) is 12.5. The smallest absolute Gasteiger partial charge is 0.276 e. The van der Waals surface area contributed by atoms with Crippen molar-refractivity contribution in [3.05, 3.63) is 59.7 Å². The zero-order valence-electron chi connectivity index (χ0n) is 15.3. The van der Waals surface area contributed by atoms with Crippen molar-refractivity contribution in [1.82, 2.24) is 4.83 Å². The molecule has 0 fully saturated rings. The molecule has 0 radical (unpaired) electrons. The molecule has 0 aliphatic rings. The van der Waals surface area contributed by atoms with Crippen LogP contribution in [0.15, 0.2) is 58.5 Å². The Morgan fingerprint density at radius 3 is 2.50 bits per heavy atom. The first-order valence-electron chi connectivity index (χ1n) is 8.86. The fourth-order valence-corrected chi connectivity index (χ4v) is 3.16. The first-order valence-corrected chi connectivity index (χ1v) is 10.3. The minimum Gasteiger partial charge on any atom is -0.493 e. The Balaban J connectivity index is 1.98. The van der Waals surface area contributed by atoms with E-state index in [2.05, 4.69) is 16.9 Å². The molecule has 0 unspecified atom stereocenters. The lowest BCUT2D eigenvalue weighted by Crippen LogP contribution is -2.18. The van der Waals surface area contributed by atoms with Crippen molar-refractivity contribution in [3.63, 3.8) is 0 Å². The van der Waals surface area contributed by atoms with E-state index in [1.807, 2.05) is 31.2 Å². The van der Waals surface area contributed by atoms with Crippen LogP contribution in [0.4, 0.5) is 0 Å². The molecule has 140 valence electrons. The van der Waals surface area contributed by atoms with Crippen LogP contribution >= 0.6 is 0 Å². The molecular weight excluding hydrogens is 348 g/mol. The van der Waals surface area contributed by atoms with Gasteiger partial charge in [0.25, 0.3) is 10.0 Å². The van der Waals surface area contributed by atoms with Crippen molar-refractivity contribution in [2.24, 2.45) is 5.10 Å². The van der Waals surface area contributed by atoms with Gasteiger partial charge in [-0.1, -0.05) is 56.0 Å². The topological polar surface area (TPSA) is 67.8 Å². The van der Waals surface area contributed by atoms with Crippen LogP contribution in [0.25, 0.3) is 0 Å². The molecule has 2 aromatic rings. The van der Waals surface area contributed by atoms with Gasteiger partial charge < -0.3 is 4.74 Å². The van der Waals surface area contributed by atoms with Crippen LogP contribution in [0.5, 0.6) is 5.75 Å². The Bertz CT molecular complexity index is 815. The van der Waals surface area contributed by atoms with Gasteiger partial charge in [0.15, 0.2) is 0 Å². The number of hydrogen-bond donors (Lipinski definition) is 1. The summed E-state index contributed by atoms with van der Waals surface area (Å²) in [7, 11) is -3.68. The molecule has 0 aromatic heterocycles. The van der Waals surface area contributed by atoms with Crippen molar-refractivity contribution in [2.45, 2.75) is 44.4 Å². The maximum atomic E-state index is 12.2. The van der Waals surface area contributed by atoms with Gasteiger partial charge in [0.1, 0.15) is 5.75 Å². The number of hydrogen-bond acceptors (Lipinski definition) is 4. The molecule has 5 nitrogen and oxygen atoms in total. The molecule has 0 amide bonds. The van der Waals surface area contributed by atoms with E-state index in [0.717, 1.165) is 24.0 Å². The molecule has 0 aliphatic carbocycles. The molecule has 0 atom stereocenters. The highest BCUT2D eigenvalue weighted by molar-refractivity contribution is 7.89. The number of sulfonamides is 1. The van der Waals surface area contributed by atoms with Gasteiger partial charge in [0.05, 0.1) is 17.7 Å². The third kappa shape index (κ3) is 6.19. The zero-order valence-corrected chi connectivity index (χ0v) is 16.1. The molecule has 1 N–H and O–H groups in total. The number of aryl methyl sites for hydroxylation is 1. The molecule has 0 aliphatic heterocycles. The number of unbranched alkanes of at least 4 members (excludes halogenated alkanes) is 3. The molecule has 26 heavy (non-hydrogen) atoms. The van der Waals surface area contributed by atoms with Gasteiger partial charge in [-0.25, -0.2) is 4.83 Å². The highest BCUT2D eigenvalue weighted by Crippen LogP contribution is 2.17. The number of nitrogens with zero attached hydrogens (tertiary/aromatic N) is 1. The molecule has 0 saturated heterocycles. The number of para-hydroxylation sites is 1. The summed E-state index contributed by atoms with van der Waals surface area (Å²) in [5.41, 5.74) is 1.73. The molecule has 2 aromatic carbocycles. The van der Waals surface area contributed by atoms with E-state index in [-0.39, 0.29) is 4.90 Å². The van der Waals surface area contributed by atoms with E-state index in [1.165, 1.54) is 19.1 Å². The number of hydrazone groups is 1. The van der Waals surface area contributed by atoms with E-state index >= 15 is 0 Å². The summed E-state index contributed by atoms with van der Waals surface area (Å²) in [4.78, 5) is 2.42. The number of nitrogens with one attached hydrogen (secondary N) is 1. The Labute approximate surface area is 156 Å². The second-order valence-electron chi connectivity index (χ2n) is 6.11. The number of benzene rings is 2.